The minimum Gasteiger partial charge on any atom is -0.379 e. The average molecular weight is 574 g/mol. The van der Waals surface area contributed by atoms with Gasteiger partial charge in [0.2, 0.25) is 0 Å². The van der Waals surface area contributed by atoms with Gasteiger partial charge in [-0.15, -0.1) is 0 Å². The molecule has 1 aromatic carbocycles. The molecule has 238 valence electrons. The number of likely N-dealkylation sites (tertiary alicyclic amines) is 1. The first-order valence-corrected chi connectivity index (χ1v) is 17.9. The zero-order valence-electron chi connectivity index (χ0n) is 27.1. The van der Waals surface area contributed by atoms with E-state index in [1.165, 1.54) is 147 Å². The Morgan fingerprint density at radius 2 is 1.05 bits per heavy atom. The predicted octanol–water partition coefficient (Wildman–Crippen LogP) is 10.1. The van der Waals surface area contributed by atoms with Gasteiger partial charge in [0, 0.05) is 13.2 Å². The van der Waals surface area contributed by atoms with Gasteiger partial charge < -0.3 is 19.1 Å². The van der Waals surface area contributed by atoms with E-state index < -0.39 is 0 Å². The SMILES string of the molecule is CCCCCCCCCCCCCCCCOCC(COCCCCCCCN1CCCC1)OCc1ccccc1. The van der Waals surface area contributed by atoms with Gasteiger partial charge in [0.25, 0.3) is 0 Å². The third-order valence-electron chi connectivity index (χ3n) is 8.54. The molecular formula is C37H67NO3. The maximum absolute atomic E-state index is 6.21. The summed E-state index contributed by atoms with van der Waals surface area (Å²) in [5.41, 5.74) is 1.21. The maximum atomic E-state index is 6.21. The monoisotopic (exact) mass is 574 g/mol. The number of hydrogen-bond acceptors (Lipinski definition) is 4. The second-order valence-electron chi connectivity index (χ2n) is 12.5. The third kappa shape index (κ3) is 22.3. The van der Waals surface area contributed by atoms with E-state index >= 15 is 0 Å². The van der Waals surface area contributed by atoms with Crippen LogP contribution in [0.15, 0.2) is 30.3 Å². The van der Waals surface area contributed by atoms with Crippen molar-refractivity contribution in [2.75, 3.05) is 46.1 Å². The number of benzene rings is 1. The molecule has 1 aromatic rings. The molecule has 1 heterocycles. The molecule has 1 aliphatic heterocycles. The van der Waals surface area contributed by atoms with E-state index in [2.05, 4.69) is 42.2 Å². The van der Waals surface area contributed by atoms with Gasteiger partial charge in [-0.25, -0.2) is 0 Å². The first-order valence-electron chi connectivity index (χ1n) is 17.9. The molecule has 1 aliphatic rings. The second kappa shape index (κ2) is 27.9. The zero-order valence-corrected chi connectivity index (χ0v) is 27.1. The predicted molar refractivity (Wildman–Crippen MR) is 176 cm³/mol. The number of hydrogen-bond donors (Lipinski definition) is 0. The molecule has 1 fully saturated rings. The molecule has 0 aromatic heterocycles. The topological polar surface area (TPSA) is 30.9 Å². The van der Waals surface area contributed by atoms with Crippen LogP contribution in [0.5, 0.6) is 0 Å². The highest BCUT2D eigenvalue weighted by Crippen LogP contribution is 2.14. The van der Waals surface area contributed by atoms with Crippen molar-refractivity contribution in [2.45, 2.75) is 154 Å². The fourth-order valence-corrected chi connectivity index (χ4v) is 5.84. The van der Waals surface area contributed by atoms with Crippen LogP contribution in [-0.2, 0) is 20.8 Å². The Bertz CT molecular complexity index is 649. The lowest BCUT2D eigenvalue weighted by molar-refractivity contribution is -0.0674. The Morgan fingerprint density at radius 3 is 1.56 bits per heavy atom. The Labute approximate surface area is 255 Å². The fourth-order valence-electron chi connectivity index (χ4n) is 5.84. The van der Waals surface area contributed by atoms with E-state index in [0.717, 1.165) is 26.1 Å². The van der Waals surface area contributed by atoms with Gasteiger partial charge in [-0.05, 0) is 57.3 Å². The van der Waals surface area contributed by atoms with E-state index in [9.17, 15) is 0 Å². The highest BCUT2D eigenvalue weighted by Gasteiger charge is 2.11. The van der Waals surface area contributed by atoms with Crippen molar-refractivity contribution in [3.05, 3.63) is 35.9 Å². The first-order chi connectivity index (χ1) is 20.4. The van der Waals surface area contributed by atoms with Gasteiger partial charge >= 0.3 is 0 Å². The number of rotatable bonds is 30. The molecule has 0 radical (unpaired) electrons. The molecule has 0 bridgehead atoms. The summed E-state index contributed by atoms with van der Waals surface area (Å²) in [6, 6.07) is 10.4. The van der Waals surface area contributed by atoms with Crippen molar-refractivity contribution in [1.82, 2.24) is 4.90 Å². The summed E-state index contributed by atoms with van der Waals surface area (Å²) in [6.45, 7) is 9.78. The Balaban J connectivity index is 1.43. The third-order valence-corrected chi connectivity index (χ3v) is 8.54. The van der Waals surface area contributed by atoms with Crippen LogP contribution in [-0.4, -0.2) is 57.1 Å². The number of nitrogens with zero attached hydrogens (tertiary/aromatic N) is 1. The quantitative estimate of drug-likeness (QED) is 0.0857. The first kappa shape index (κ1) is 36.3. The molecular weight excluding hydrogens is 506 g/mol. The molecule has 0 aliphatic carbocycles. The second-order valence-corrected chi connectivity index (χ2v) is 12.5. The summed E-state index contributed by atoms with van der Waals surface area (Å²) in [6.07, 6.45) is 28.7. The van der Waals surface area contributed by atoms with Crippen molar-refractivity contribution in [1.29, 1.82) is 0 Å². The standard InChI is InChI=1S/C37H67NO3/c1-2-3-4-5-6-7-8-9-10-11-12-13-16-24-31-39-34-37(41-33-36-26-19-18-20-27-36)35-40-32-25-17-14-15-21-28-38-29-22-23-30-38/h18-20,26-27,37H,2-17,21-25,28-35H2,1H3. The van der Waals surface area contributed by atoms with Crippen LogP contribution in [0.4, 0.5) is 0 Å². The lowest BCUT2D eigenvalue weighted by Gasteiger charge is -2.18. The molecule has 0 spiro atoms. The van der Waals surface area contributed by atoms with Crippen molar-refractivity contribution >= 4 is 0 Å². The van der Waals surface area contributed by atoms with Crippen LogP contribution in [0.2, 0.25) is 0 Å². The van der Waals surface area contributed by atoms with Crippen LogP contribution >= 0.6 is 0 Å². The van der Waals surface area contributed by atoms with Gasteiger partial charge in [-0.2, -0.15) is 0 Å². The minimum atomic E-state index is 0.00214. The molecule has 2 rings (SSSR count). The highest BCUT2D eigenvalue weighted by atomic mass is 16.6. The fraction of sp³-hybridized carbons (Fsp3) is 0.838. The average Bonchev–Trinajstić information content (AvgIpc) is 3.52. The van der Waals surface area contributed by atoms with Crippen molar-refractivity contribution < 1.29 is 14.2 Å². The maximum Gasteiger partial charge on any atom is 0.105 e. The molecule has 41 heavy (non-hydrogen) atoms. The molecule has 0 N–H and O–H groups in total. The van der Waals surface area contributed by atoms with Gasteiger partial charge in [0.15, 0.2) is 0 Å². The molecule has 1 unspecified atom stereocenters. The summed E-state index contributed by atoms with van der Waals surface area (Å²) >= 11 is 0. The lowest BCUT2D eigenvalue weighted by atomic mass is 10.0. The molecule has 1 atom stereocenters. The Hall–Kier alpha value is -0.940. The van der Waals surface area contributed by atoms with E-state index in [-0.39, 0.29) is 6.10 Å². The molecule has 0 amide bonds. The normalized spacial score (nSPS) is 14.7. The van der Waals surface area contributed by atoms with Gasteiger partial charge in [0.05, 0.1) is 19.8 Å². The zero-order chi connectivity index (χ0) is 28.9. The van der Waals surface area contributed by atoms with Gasteiger partial charge in [-0.3, -0.25) is 0 Å². The van der Waals surface area contributed by atoms with E-state index in [1.54, 1.807) is 0 Å². The van der Waals surface area contributed by atoms with Crippen LogP contribution < -0.4 is 0 Å². The van der Waals surface area contributed by atoms with E-state index in [1.807, 2.05) is 0 Å². The van der Waals surface area contributed by atoms with Crippen LogP contribution in [0, 0.1) is 0 Å². The summed E-state index contributed by atoms with van der Waals surface area (Å²) in [7, 11) is 0. The highest BCUT2D eigenvalue weighted by molar-refractivity contribution is 5.13. The summed E-state index contributed by atoms with van der Waals surface area (Å²) in [5, 5.41) is 0. The van der Waals surface area contributed by atoms with Crippen LogP contribution in [0.1, 0.15) is 147 Å². The van der Waals surface area contributed by atoms with E-state index in [4.69, 9.17) is 14.2 Å². The molecule has 4 heteroatoms. The minimum absolute atomic E-state index is 0.00214. The van der Waals surface area contributed by atoms with Crippen molar-refractivity contribution in [2.24, 2.45) is 0 Å². The summed E-state index contributed by atoms with van der Waals surface area (Å²) in [5.74, 6) is 0. The number of ether oxygens (including phenoxy) is 3. The van der Waals surface area contributed by atoms with Crippen molar-refractivity contribution in [3.63, 3.8) is 0 Å². The largest absolute Gasteiger partial charge is 0.379 e. The smallest absolute Gasteiger partial charge is 0.105 e. The van der Waals surface area contributed by atoms with Crippen molar-refractivity contribution in [3.8, 4) is 0 Å². The molecule has 0 saturated carbocycles. The lowest BCUT2D eigenvalue weighted by Crippen LogP contribution is -2.26. The Kier molecular flexibility index (Phi) is 24.6. The number of unbranched alkanes of at least 4 members (excludes halogenated alkanes) is 17. The van der Waals surface area contributed by atoms with Gasteiger partial charge in [-0.1, -0.05) is 140 Å². The molecule has 1 saturated heterocycles. The van der Waals surface area contributed by atoms with Crippen LogP contribution in [0.25, 0.3) is 0 Å². The summed E-state index contributed by atoms with van der Waals surface area (Å²) in [4.78, 5) is 2.63. The van der Waals surface area contributed by atoms with E-state index in [0.29, 0.717) is 19.8 Å². The van der Waals surface area contributed by atoms with Crippen LogP contribution in [0.3, 0.4) is 0 Å². The van der Waals surface area contributed by atoms with Gasteiger partial charge in [0.1, 0.15) is 6.10 Å². The molecule has 4 nitrogen and oxygen atoms in total. The Morgan fingerprint density at radius 1 is 0.585 bits per heavy atom. The summed E-state index contributed by atoms with van der Waals surface area (Å²) < 4.78 is 18.3.